The highest BCUT2D eigenvalue weighted by Gasteiger charge is 2.24. The summed E-state index contributed by atoms with van der Waals surface area (Å²) in [5, 5.41) is 40.1. The number of rotatable bonds is 8. The maximum absolute atomic E-state index is 12.5. The van der Waals surface area contributed by atoms with Crippen LogP contribution in [0.3, 0.4) is 0 Å². The van der Waals surface area contributed by atoms with Crippen molar-refractivity contribution in [1.82, 2.24) is 15.5 Å². The third-order valence-corrected chi connectivity index (χ3v) is 4.55. The quantitative estimate of drug-likeness (QED) is 0.325. The summed E-state index contributed by atoms with van der Waals surface area (Å²) >= 11 is 0. The van der Waals surface area contributed by atoms with Crippen LogP contribution in [0.25, 0.3) is 11.3 Å². The summed E-state index contributed by atoms with van der Waals surface area (Å²) in [6.45, 7) is -0.538. The Bertz CT molecular complexity index is 1020. The number of amides is 1. The number of non-ortho nitro benzene ring substituents is 1. The number of nitrogens with one attached hydrogen (secondary N) is 2. The Morgan fingerprint density at radius 1 is 1.23 bits per heavy atom. The van der Waals surface area contributed by atoms with Crippen molar-refractivity contribution in [1.29, 1.82) is 0 Å². The van der Waals surface area contributed by atoms with Crippen molar-refractivity contribution in [2.75, 3.05) is 13.7 Å². The number of hydrogen-bond donors (Lipinski definition) is 4. The molecule has 1 aromatic heterocycles. The molecule has 3 aromatic rings. The Hall–Kier alpha value is -3.76. The van der Waals surface area contributed by atoms with Crippen LogP contribution in [0.5, 0.6) is 5.75 Å². The zero-order valence-corrected chi connectivity index (χ0v) is 16.0. The van der Waals surface area contributed by atoms with Crippen LogP contribution in [0.2, 0.25) is 0 Å². The molecule has 30 heavy (non-hydrogen) atoms. The van der Waals surface area contributed by atoms with Crippen LogP contribution in [0, 0.1) is 10.1 Å². The summed E-state index contributed by atoms with van der Waals surface area (Å²) < 4.78 is 5.11. The van der Waals surface area contributed by atoms with E-state index < -0.39 is 29.6 Å². The molecule has 0 aliphatic rings. The second-order valence-corrected chi connectivity index (χ2v) is 6.45. The fraction of sp³-hybridized carbons (Fsp3) is 0.200. The van der Waals surface area contributed by atoms with Crippen molar-refractivity contribution in [2.24, 2.45) is 0 Å². The molecule has 0 aliphatic heterocycles. The first kappa shape index (κ1) is 21.0. The van der Waals surface area contributed by atoms with Crippen LogP contribution in [0.4, 0.5) is 5.69 Å². The van der Waals surface area contributed by atoms with Crippen molar-refractivity contribution >= 4 is 11.6 Å². The average molecular weight is 412 g/mol. The minimum absolute atomic E-state index is 0.126. The van der Waals surface area contributed by atoms with Gasteiger partial charge in [0.25, 0.3) is 11.6 Å². The lowest BCUT2D eigenvalue weighted by molar-refractivity contribution is -0.384. The van der Waals surface area contributed by atoms with Gasteiger partial charge in [0.05, 0.1) is 30.4 Å². The van der Waals surface area contributed by atoms with E-state index in [4.69, 9.17) is 4.74 Å². The minimum atomic E-state index is -1.26. The third kappa shape index (κ3) is 4.62. The zero-order chi connectivity index (χ0) is 21.7. The Labute approximate surface area is 171 Å². The third-order valence-electron chi connectivity index (χ3n) is 4.55. The molecule has 10 heteroatoms. The van der Waals surface area contributed by atoms with Crippen molar-refractivity contribution in [2.45, 2.75) is 12.1 Å². The first-order chi connectivity index (χ1) is 14.4. The molecular weight excluding hydrogens is 392 g/mol. The maximum Gasteiger partial charge on any atom is 0.269 e. The Morgan fingerprint density at radius 3 is 2.47 bits per heavy atom. The van der Waals surface area contributed by atoms with Gasteiger partial charge in [0.2, 0.25) is 0 Å². The number of aliphatic hydroxyl groups is 2. The molecule has 3 rings (SSSR count). The molecule has 2 unspecified atom stereocenters. The fourth-order valence-electron chi connectivity index (χ4n) is 2.84. The van der Waals surface area contributed by atoms with E-state index in [0.29, 0.717) is 17.0 Å². The Morgan fingerprint density at radius 2 is 1.90 bits per heavy atom. The SMILES string of the molecule is COc1ccc(-c2cc(C(=O)NC(CO)C(O)c3ccc([N+](=O)[O-])cc3)[nH]n2)cc1. The number of carbonyl (C=O) groups excluding carboxylic acids is 1. The highest BCUT2D eigenvalue weighted by molar-refractivity contribution is 5.93. The first-order valence-electron chi connectivity index (χ1n) is 8.97. The van der Waals surface area contributed by atoms with Gasteiger partial charge in [0, 0.05) is 17.7 Å². The molecule has 0 spiro atoms. The van der Waals surface area contributed by atoms with E-state index in [1.165, 1.54) is 24.3 Å². The normalized spacial score (nSPS) is 12.8. The number of benzene rings is 2. The van der Waals surface area contributed by atoms with E-state index in [9.17, 15) is 25.1 Å². The van der Waals surface area contributed by atoms with E-state index in [2.05, 4.69) is 15.5 Å². The van der Waals surface area contributed by atoms with Crippen LogP contribution in [-0.2, 0) is 0 Å². The van der Waals surface area contributed by atoms with Gasteiger partial charge in [0.1, 0.15) is 17.5 Å². The smallest absolute Gasteiger partial charge is 0.269 e. The van der Waals surface area contributed by atoms with Gasteiger partial charge < -0.3 is 20.3 Å². The highest BCUT2D eigenvalue weighted by Crippen LogP contribution is 2.22. The van der Waals surface area contributed by atoms with Crippen molar-refractivity contribution < 1.29 is 24.7 Å². The Kier molecular flexibility index (Phi) is 6.40. The molecule has 156 valence electrons. The van der Waals surface area contributed by atoms with Crippen LogP contribution in [0.1, 0.15) is 22.2 Å². The number of aliphatic hydroxyl groups excluding tert-OH is 2. The molecule has 0 bridgehead atoms. The summed E-state index contributed by atoms with van der Waals surface area (Å²) in [5.74, 6) is 0.126. The van der Waals surface area contributed by atoms with Crippen molar-refractivity contribution in [3.63, 3.8) is 0 Å². The van der Waals surface area contributed by atoms with Crippen LogP contribution in [-0.4, -0.2) is 51.0 Å². The first-order valence-corrected chi connectivity index (χ1v) is 8.97. The molecule has 4 N–H and O–H groups in total. The van der Waals surface area contributed by atoms with Gasteiger partial charge in [-0.25, -0.2) is 0 Å². The highest BCUT2D eigenvalue weighted by atomic mass is 16.6. The molecular formula is C20H20N4O6. The number of nitrogens with zero attached hydrogens (tertiary/aromatic N) is 2. The lowest BCUT2D eigenvalue weighted by Gasteiger charge is -2.22. The van der Waals surface area contributed by atoms with E-state index in [1.807, 2.05) is 0 Å². The van der Waals surface area contributed by atoms with E-state index in [1.54, 1.807) is 37.4 Å². The van der Waals surface area contributed by atoms with Crippen LogP contribution >= 0.6 is 0 Å². The van der Waals surface area contributed by atoms with Crippen molar-refractivity contribution in [3.8, 4) is 17.0 Å². The summed E-state index contributed by atoms with van der Waals surface area (Å²) in [6.07, 6.45) is -1.26. The van der Waals surface area contributed by atoms with E-state index >= 15 is 0 Å². The molecule has 0 saturated carbocycles. The topological polar surface area (TPSA) is 151 Å². The van der Waals surface area contributed by atoms with Gasteiger partial charge >= 0.3 is 0 Å². The monoisotopic (exact) mass is 412 g/mol. The predicted octanol–water partition coefficient (Wildman–Crippen LogP) is 1.82. The number of nitro benzene ring substituents is 1. The molecule has 0 saturated heterocycles. The number of hydrogen-bond acceptors (Lipinski definition) is 7. The molecule has 1 amide bonds. The number of methoxy groups -OCH3 is 1. The van der Waals surface area contributed by atoms with E-state index in [0.717, 1.165) is 5.56 Å². The second kappa shape index (κ2) is 9.16. The van der Waals surface area contributed by atoms with Crippen LogP contribution < -0.4 is 10.1 Å². The Balaban J connectivity index is 1.70. The standard InChI is InChI=1S/C20H20N4O6/c1-30-15-8-4-12(5-9-15)16-10-17(23-22-16)20(27)21-18(11-25)19(26)13-2-6-14(7-3-13)24(28)29/h2-10,18-19,25-26H,11H2,1H3,(H,21,27)(H,22,23). The summed E-state index contributed by atoms with van der Waals surface area (Å²) in [6, 6.07) is 12.9. The second-order valence-electron chi connectivity index (χ2n) is 6.45. The minimum Gasteiger partial charge on any atom is -0.497 e. The lowest BCUT2D eigenvalue weighted by Crippen LogP contribution is -2.42. The lowest BCUT2D eigenvalue weighted by atomic mass is 10.0. The number of aromatic nitrogens is 2. The number of ether oxygens (including phenoxy) is 1. The molecule has 0 aliphatic carbocycles. The van der Waals surface area contributed by atoms with Crippen molar-refractivity contribution in [3.05, 3.63) is 76.0 Å². The maximum atomic E-state index is 12.5. The van der Waals surface area contributed by atoms with Gasteiger partial charge in [-0.3, -0.25) is 20.0 Å². The molecule has 1 heterocycles. The number of aromatic amines is 1. The summed E-state index contributed by atoms with van der Waals surface area (Å²) in [4.78, 5) is 22.7. The number of carbonyl (C=O) groups is 1. The molecule has 0 fully saturated rings. The van der Waals surface area contributed by atoms with Gasteiger partial charge in [-0.1, -0.05) is 0 Å². The summed E-state index contributed by atoms with van der Waals surface area (Å²) in [5.41, 5.74) is 1.66. The molecule has 2 atom stereocenters. The fourth-order valence-corrected chi connectivity index (χ4v) is 2.84. The van der Waals surface area contributed by atoms with E-state index in [-0.39, 0.29) is 11.4 Å². The average Bonchev–Trinajstić information content (AvgIpc) is 3.27. The van der Waals surface area contributed by atoms with Gasteiger partial charge in [-0.2, -0.15) is 5.10 Å². The number of H-pyrrole nitrogens is 1. The zero-order valence-electron chi connectivity index (χ0n) is 16.0. The summed E-state index contributed by atoms with van der Waals surface area (Å²) in [7, 11) is 1.56. The largest absolute Gasteiger partial charge is 0.497 e. The molecule has 0 radical (unpaired) electrons. The predicted molar refractivity (Wildman–Crippen MR) is 107 cm³/mol. The van der Waals surface area contributed by atoms with Gasteiger partial charge in [0.15, 0.2) is 0 Å². The van der Waals surface area contributed by atoms with Gasteiger partial charge in [-0.05, 0) is 48.0 Å². The van der Waals surface area contributed by atoms with Gasteiger partial charge in [-0.15, -0.1) is 0 Å². The van der Waals surface area contributed by atoms with Crippen LogP contribution in [0.15, 0.2) is 54.6 Å². The molecule has 10 nitrogen and oxygen atoms in total. The molecule has 2 aromatic carbocycles. The number of nitro groups is 1.